The van der Waals surface area contributed by atoms with E-state index in [0.717, 1.165) is 18.9 Å². The number of hydrogen-bond donors (Lipinski definition) is 1. The van der Waals surface area contributed by atoms with Crippen LogP contribution in [0.3, 0.4) is 0 Å². The van der Waals surface area contributed by atoms with Crippen LogP contribution < -0.4 is 5.32 Å². The fourth-order valence-corrected chi connectivity index (χ4v) is 2.56. The Labute approximate surface area is 103 Å². The second kappa shape index (κ2) is 4.67. The van der Waals surface area contributed by atoms with Gasteiger partial charge in [-0.15, -0.1) is 0 Å². The van der Waals surface area contributed by atoms with E-state index in [0.29, 0.717) is 12.8 Å². The fourth-order valence-electron chi connectivity index (χ4n) is 2.56. The Morgan fingerprint density at radius 3 is 2.47 bits per heavy atom. The van der Waals surface area contributed by atoms with Crippen LogP contribution in [0.5, 0.6) is 0 Å². The molecule has 2 rings (SSSR count). The lowest BCUT2D eigenvalue weighted by atomic mass is 9.89. The molecule has 0 atom stereocenters. The molecule has 1 aliphatic carbocycles. The van der Waals surface area contributed by atoms with Crippen LogP contribution in [0.15, 0.2) is 0 Å². The van der Waals surface area contributed by atoms with Gasteiger partial charge in [0, 0.05) is 6.54 Å². The van der Waals surface area contributed by atoms with Crippen molar-refractivity contribution < 1.29 is 9.59 Å². The van der Waals surface area contributed by atoms with Crippen LogP contribution in [0, 0.1) is 5.92 Å². The average molecular weight is 238 g/mol. The summed E-state index contributed by atoms with van der Waals surface area (Å²) in [5, 5.41) is 2.88. The van der Waals surface area contributed by atoms with Crippen molar-refractivity contribution in [1.82, 2.24) is 10.2 Å². The molecule has 0 unspecified atom stereocenters. The van der Waals surface area contributed by atoms with Crippen molar-refractivity contribution in [1.29, 1.82) is 0 Å². The Hall–Kier alpha value is -1.06. The number of piperazine rings is 1. The van der Waals surface area contributed by atoms with Crippen LogP contribution in [-0.4, -0.2) is 35.3 Å². The number of carbonyl (C=O) groups excluding carboxylic acids is 2. The number of hydrogen-bond acceptors (Lipinski definition) is 2. The summed E-state index contributed by atoms with van der Waals surface area (Å²) in [7, 11) is 0. The molecule has 96 valence electrons. The van der Waals surface area contributed by atoms with E-state index in [2.05, 4.69) is 5.32 Å². The van der Waals surface area contributed by atoms with Crippen molar-refractivity contribution in [2.75, 3.05) is 13.1 Å². The van der Waals surface area contributed by atoms with Gasteiger partial charge in [-0.3, -0.25) is 9.59 Å². The van der Waals surface area contributed by atoms with E-state index >= 15 is 0 Å². The molecule has 1 aliphatic heterocycles. The maximum absolute atomic E-state index is 12.4. The van der Waals surface area contributed by atoms with Gasteiger partial charge in [0.05, 0.1) is 6.54 Å². The third-order valence-corrected chi connectivity index (χ3v) is 4.12. The summed E-state index contributed by atoms with van der Waals surface area (Å²) < 4.78 is 0. The van der Waals surface area contributed by atoms with Crippen LogP contribution >= 0.6 is 0 Å². The first-order chi connectivity index (χ1) is 8.11. The predicted molar refractivity (Wildman–Crippen MR) is 65.4 cm³/mol. The van der Waals surface area contributed by atoms with Crippen LogP contribution in [0.25, 0.3) is 0 Å². The molecule has 1 N–H and O–H groups in total. The summed E-state index contributed by atoms with van der Waals surface area (Å²) in [6, 6.07) is 0. The van der Waals surface area contributed by atoms with Gasteiger partial charge in [0.1, 0.15) is 5.54 Å². The lowest BCUT2D eigenvalue weighted by molar-refractivity contribution is -0.150. The minimum absolute atomic E-state index is 0.0101. The van der Waals surface area contributed by atoms with E-state index in [1.165, 1.54) is 12.8 Å². The van der Waals surface area contributed by atoms with E-state index in [9.17, 15) is 9.59 Å². The van der Waals surface area contributed by atoms with E-state index in [1.54, 1.807) is 4.90 Å². The second-order valence-corrected chi connectivity index (χ2v) is 5.30. The molecule has 4 heteroatoms. The molecule has 1 saturated heterocycles. The molecular formula is C13H22N2O2. The minimum atomic E-state index is -0.640. The standard InChI is InChI=1S/C13H22N2O2/c1-3-13(4-2)12(17)15(9-11(16)14-13)8-7-10-5-6-10/h10H,3-9H2,1-2H3,(H,14,16). The third kappa shape index (κ3) is 2.45. The SMILES string of the molecule is CCC1(CC)NC(=O)CN(CCC2CC2)C1=O. The zero-order valence-corrected chi connectivity index (χ0v) is 10.8. The van der Waals surface area contributed by atoms with Crippen LogP contribution in [0.1, 0.15) is 46.0 Å². The fraction of sp³-hybridized carbons (Fsp3) is 0.846. The number of nitrogens with zero attached hydrogens (tertiary/aromatic N) is 1. The van der Waals surface area contributed by atoms with Crippen LogP contribution in [0.2, 0.25) is 0 Å². The van der Waals surface area contributed by atoms with E-state index < -0.39 is 5.54 Å². The molecule has 0 aromatic heterocycles. The Balaban J connectivity index is 2.04. The van der Waals surface area contributed by atoms with Crippen molar-refractivity contribution in [2.45, 2.75) is 51.5 Å². The van der Waals surface area contributed by atoms with Gasteiger partial charge >= 0.3 is 0 Å². The highest BCUT2D eigenvalue weighted by Gasteiger charge is 2.43. The molecule has 0 radical (unpaired) electrons. The minimum Gasteiger partial charge on any atom is -0.340 e. The quantitative estimate of drug-likeness (QED) is 0.785. The Kier molecular flexibility index (Phi) is 3.40. The predicted octanol–water partition coefficient (Wildman–Crippen LogP) is 1.30. The number of carbonyl (C=O) groups is 2. The van der Waals surface area contributed by atoms with Crippen molar-refractivity contribution in [2.24, 2.45) is 5.92 Å². The highest BCUT2D eigenvalue weighted by atomic mass is 16.2. The van der Waals surface area contributed by atoms with Gasteiger partial charge in [-0.05, 0) is 25.2 Å². The first-order valence-electron chi connectivity index (χ1n) is 6.71. The molecule has 0 spiro atoms. The molecule has 2 amide bonds. The molecule has 1 heterocycles. The van der Waals surface area contributed by atoms with Gasteiger partial charge in [-0.25, -0.2) is 0 Å². The molecule has 0 aromatic rings. The lowest BCUT2D eigenvalue weighted by Crippen LogP contribution is -2.66. The van der Waals surface area contributed by atoms with Gasteiger partial charge in [0.15, 0.2) is 0 Å². The van der Waals surface area contributed by atoms with Crippen molar-refractivity contribution in [3.05, 3.63) is 0 Å². The molecule has 2 fully saturated rings. The van der Waals surface area contributed by atoms with Crippen molar-refractivity contribution in [3.8, 4) is 0 Å². The highest BCUT2D eigenvalue weighted by molar-refractivity contribution is 5.97. The number of nitrogens with one attached hydrogen (secondary N) is 1. The first kappa shape index (κ1) is 12.4. The van der Waals surface area contributed by atoms with Crippen molar-refractivity contribution >= 4 is 11.8 Å². The van der Waals surface area contributed by atoms with Crippen LogP contribution in [-0.2, 0) is 9.59 Å². The maximum Gasteiger partial charge on any atom is 0.248 e. The highest BCUT2D eigenvalue weighted by Crippen LogP contribution is 2.33. The zero-order chi connectivity index (χ0) is 12.5. The summed E-state index contributed by atoms with van der Waals surface area (Å²) in [4.78, 5) is 25.9. The first-order valence-corrected chi connectivity index (χ1v) is 6.71. The van der Waals surface area contributed by atoms with Gasteiger partial charge in [-0.1, -0.05) is 26.7 Å². The van der Waals surface area contributed by atoms with Crippen molar-refractivity contribution in [3.63, 3.8) is 0 Å². The van der Waals surface area contributed by atoms with Crippen LogP contribution in [0.4, 0.5) is 0 Å². The Morgan fingerprint density at radius 2 is 1.94 bits per heavy atom. The van der Waals surface area contributed by atoms with Gasteiger partial charge in [-0.2, -0.15) is 0 Å². The molecule has 0 aromatic carbocycles. The maximum atomic E-state index is 12.4. The molecule has 1 saturated carbocycles. The second-order valence-electron chi connectivity index (χ2n) is 5.30. The Bertz CT molecular complexity index is 319. The number of amides is 2. The summed E-state index contributed by atoms with van der Waals surface area (Å²) in [6.07, 6.45) is 4.99. The summed E-state index contributed by atoms with van der Waals surface area (Å²) >= 11 is 0. The summed E-state index contributed by atoms with van der Waals surface area (Å²) in [5.41, 5.74) is -0.640. The van der Waals surface area contributed by atoms with E-state index in [-0.39, 0.29) is 18.4 Å². The van der Waals surface area contributed by atoms with Gasteiger partial charge in [0.2, 0.25) is 11.8 Å². The van der Waals surface area contributed by atoms with Gasteiger partial charge in [0.25, 0.3) is 0 Å². The third-order valence-electron chi connectivity index (χ3n) is 4.12. The summed E-state index contributed by atoms with van der Waals surface area (Å²) in [5.74, 6) is 0.900. The molecule has 17 heavy (non-hydrogen) atoms. The largest absolute Gasteiger partial charge is 0.340 e. The number of rotatable bonds is 5. The van der Waals surface area contributed by atoms with Gasteiger partial charge < -0.3 is 10.2 Å². The van der Waals surface area contributed by atoms with E-state index in [4.69, 9.17) is 0 Å². The lowest BCUT2D eigenvalue weighted by Gasteiger charge is -2.41. The average Bonchev–Trinajstić information content (AvgIpc) is 3.14. The zero-order valence-electron chi connectivity index (χ0n) is 10.8. The molecule has 2 aliphatic rings. The Morgan fingerprint density at radius 1 is 1.29 bits per heavy atom. The molecule has 0 bridgehead atoms. The van der Waals surface area contributed by atoms with E-state index in [1.807, 2.05) is 13.8 Å². The molecule has 4 nitrogen and oxygen atoms in total. The topological polar surface area (TPSA) is 49.4 Å². The smallest absolute Gasteiger partial charge is 0.248 e. The normalized spacial score (nSPS) is 23.8. The molecular weight excluding hydrogens is 216 g/mol. The summed E-state index contributed by atoms with van der Waals surface area (Å²) in [6.45, 7) is 4.92. The monoisotopic (exact) mass is 238 g/mol.